The maximum absolute atomic E-state index is 12.6. The second-order valence-electron chi connectivity index (χ2n) is 7.45. The fraction of sp³-hybridized carbons (Fsp3) is 0.684. The minimum absolute atomic E-state index is 0.0849. The summed E-state index contributed by atoms with van der Waals surface area (Å²) < 4.78 is 1.42. The van der Waals surface area contributed by atoms with Crippen molar-refractivity contribution in [3.63, 3.8) is 0 Å². The Morgan fingerprint density at radius 2 is 2.04 bits per heavy atom. The number of carboxylic acids is 1. The van der Waals surface area contributed by atoms with Gasteiger partial charge in [-0.05, 0) is 31.7 Å². The molecule has 2 aliphatic heterocycles. The highest BCUT2D eigenvalue weighted by Gasteiger charge is 2.27. The number of aromatic nitrogens is 2. The first-order valence-electron chi connectivity index (χ1n) is 9.83. The Bertz CT molecular complexity index is 687. The van der Waals surface area contributed by atoms with Crippen molar-refractivity contribution < 1.29 is 19.5 Å². The molecule has 0 unspecified atom stereocenters. The van der Waals surface area contributed by atoms with Crippen molar-refractivity contribution in [2.24, 2.45) is 0 Å². The summed E-state index contributed by atoms with van der Waals surface area (Å²) in [5.41, 5.74) is 0.844. The number of carbonyl (C=O) groups excluding carboxylic acids is 2. The summed E-state index contributed by atoms with van der Waals surface area (Å²) in [4.78, 5) is 39.2. The topological polar surface area (TPSA) is 95.7 Å². The highest BCUT2D eigenvalue weighted by atomic mass is 16.4. The molecule has 148 valence electrons. The van der Waals surface area contributed by atoms with Crippen molar-refractivity contribution in [1.82, 2.24) is 19.6 Å². The molecule has 27 heavy (non-hydrogen) atoms. The number of likely N-dealkylation sites (tertiary alicyclic amines) is 2. The van der Waals surface area contributed by atoms with E-state index in [9.17, 15) is 14.4 Å². The van der Waals surface area contributed by atoms with Gasteiger partial charge in [0.25, 0.3) is 0 Å². The molecule has 1 aromatic rings. The number of hydrogen-bond acceptors (Lipinski definition) is 4. The monoisotopic (exact) mass is 376 g/mol. The largest absolute Gasteiger partial charge is 0.480 e. The van der Waals surface area contributed by atoms with Crippen LogP contribution in [0.15, 0.2) is 12.3 Å². The van der Waals surface area contributed by atoms with E-state index in [1.165, 1.54) is 4.68 Å². The Morgan fingerprint density at radius 1 is 1.19 bits per heavy atom. The zero-order valence-electron chi connectivity index (χ0n) is 15.7. The highest BCUT2D eigenvalue weighted by Crippen LogP contribution is 2.26. The third-order valence-electron chi connectivity index (χ3n) is 5.42. The maximum atomic E-state index is 12.6. The molecule has 0 spiro atoms. The summed E-state index contributed by atoms with van der Waals surface area (Å²) in [6.45, 7) is 2.46. The standard InChI is InChI=1S/C19H28N4O4/c24-17-6-2-1-3-9-21(17)11-8-18(25)22-10-4-5-15(13-22)16-7-12-23(20-16)14-19(26)27/h7,12,15H,1-6,8-11,13-14H2,(H,26,27)/t15-/m0/s1. The second kappa shape index (κ2) is 9.01. The molecule has 0 bridgehead atoms. The first-order chi connectivity index (χ1) is 13.0. The van der Waals surface area contributed by atoms with E-state index in [-0.39, 0.29) is 24.3 Å². The minimum Gasteiger partial charge on any atom is -0.480 e. The number of nitrogens with zero attached hydrogens (tertiary/aromatic N) is 4. The van der Waals surface area contributed by atoms with Crippen molar-refractivity contribution in [2.45, 2.75) is 57.4 Å². The Labute approximate surface area is 159 Å². The molecular weight excluding hydrogens is 348 g/mol. The third kappa shape index (κ3) is 5.30. The minimum atomic E-state index is -0.923. The van der Waals surface area contributed by atoms with E-state index in [0.29, 0.717) is 25.9 Å². The molecule has 3 rings (SSSR count). The zero-order valence-corrected chi connectivity index (χ0v) is 15.7. The smallest absolute Gasteiger partial charge is 0.325 e. The fourth-order valence-electron chi connectivity index (χ4n) is 3.93. The van der Waals surface area contributed by atoms with Gasteiger partial charge in [0.05, 0.1) is 5.69 Å². The molecule has 1 N–H and O–H groups in total. The Hall–Kier alpha value is -2.38. The van der Waals surface area contributed by atoms with Crippen LogP contribution in [-0.4, -0.2) is 68.6 Å². The molecule has 0 aliphatic carbocycles. The predicted molar refractivity (Wildman–Crippen MR) is 98.1 cm³/mol. The third-order valence-corrected chi connectivity index (χ3v) is 5.42. The number of piperidine rings is 1. The van der Waals surface area contributed by atoms with Gasteiger partial charge in [0.15, 0.2) is 0 Å². The molecule has 3 heterocycles. The number of carboxylic acid groups (broad SMARTS) is 1. The molecule has 1 atom stereocenters. The van der Waals surface area contributed by atoms with Gasteiger partial charge in [0.1, 0.15) is 6.54 Å². The lowest BCUT2D eigenvalue weighted by Gasteiger charge is -2.32. The van der Waals surface area contributed by atoms with Crippen molar-refractivity contribution in [1.29, 1.82) is 0 Å². The molecule has 0 radical (unpaired) electrons. The molecule has 0 saturated carbocycles. The molecule has 8 heteroatoms. The lowest BCUT2D eigenvalue weighted by atomic mass is 9.95. The summed E-state index contributed by atoms with van der Waals surface area (Å²) in [6, 6.07) is 1.84. The predicted octanol–water partition coefficient (Wildman–Crippen LogP) is 1.47. The Balaban J connectivity index is 1.52. The van der Waals surface area contributed by atoms with E-state index in [4.69, 9.17) is 5.11 Å². The lowest BCUT2D eigenvalue weighted by molar-refractivity contribution is -0.138. The van der Waals surface area contributed by atoms with Crippen molar-refractivity contribution in [2.75, 3.05) is 26.2 Å². The molecule has 2 saturated heterocycles. The van der Waals surface area contributed by atoms with Crippen LogP contribution < -0.4 is 0 Å². The Morgan fingerprint density at radius 3 is 2.85 bits per heavy atom. The Kier molecular flexibility index (Phi) is 6.47. The van der Waals surface area contributed by atoms with Gasteiger partial charge < -0.3 is 14.9 Å². The van der Waals surface area contributed by atoms with E-state index in [0.717, 1.165) is 50.9 Å². The molecule has 2 aliphatic rings. The van der Waals surface area contributed by atoms with Crippen LogP contribution in [0.3, 0.4) is 0 Å². The van der Waals surface area contributed by atoms with Crippen LogP contribution in [0.5, 0.6) is 0 Å². The summed E-state index contributed by atoms with van der Waals surface area (Å²) in [5.74, 6) is -0.534. The van der Waals surface area contributed by atoms with E-state index >= 15 is 0 Å². The molecule has 8 nitrogen and oxygen atoms in total. The van der Waals surface area contributed by atoms with E-state index < -0.39 is 5.97 Å². The van der Waals surface area contributed by atoms with Gasteiger partial charge in [-0.3, -0.25) is 19.1 Å². The number of hydrogen-bond donors (Lipinski definition) is 1. The van der Waals surface area contributed by atoms with Gasteiger partial charge in [0.2, 0.25) is 11.8 Å². The number of rotatable bonds is 6. The van der Waals surface area contributed by atoms with Crippen LogP contribution in [0, 0.1) is 0 Å². The summed E-state index contributed by atoms with van der Waals surface area (Å²) >= 11 is 0. The first kappa shape index (κ1) is 19.4. The summed E-state index contributed by atoms with van der Waals surface area (Å²) in [5, 5.41) is 13.2. The average Bonchev–Trinajstić information content (AvgIpc) is 3.01. The molecule has 2 amide bonds. The molecule has 0 aromatic carbocycles. The number of amides is 2. The van der Waals surface area contributed by atoms with Crippen LogP contribution in [0.4, 0.5) is 0 Å². The lowest BCUT2D eigenvalue weighted by Crippen LogP contribution is -2.41. The van der Waals surface area contributed by atoms with Crippen molar-refractivity contribution in [3.8, 4) is 0 Å². The molecular formula is C19H28N4O4. The van der Waals surface area contributed by atoms with Gasteiger partial charge in [-0.2, -0.15) is 5.10 Å². The average molecular weight is 376 g/mol. The van der Waals surface area contributed by atoms with Gasteiger partial charge >= 0.3 is 5.97 Å². The van der Waals surface area contributed by atoms with Crippen LogP contribution in [0.25, 0.3) is 0 Å². The van der Waals surface area contributed by atoms with E-state index in [1.807, 2.05) is 15.9 Å². The van der Waals surface area contributed by atoms with Gasteiger partial charge in [0, 0.05) is 51.1 Å². The fourth-order valence-corrected chi connectivity index (χ4v) is 3.93. The van der Waals surface area contributed by atoms with Crippen LogP contribution in [0.2, 0.25) is 0 Å². The summed E-state index contributed by atoms with van der Waals surface area (Å²) in [6.07, 6.45) is 7.54. The van der Waals surface area contributed by atoms with Gasteiger partial charge in [-0.1, -0.05) is 6.42 Å². The normalized spacial score (nSPS) is 21.2. The molecule has 1 aromatic heterocycles. The van der Waals surface area contributed by atoms with Crippen LogP contribution in [0.1, 0.15) is 56.6 Å². The van der Waals surface area contributed by atoms with Crippen LogP contribution in [-0.2, 0) is 20.9 Å². The quantitative estimate of drug-likeness (QED) is 0.811. The van der Waals surface area contributed by atoms with E-state index in [1.54, 1.807) is 6.20 Å². The SMILES string of the molecule is O=C(O)Cn1ccc([C@H]2CCCN(C(=O)CCN3CCCCCC3=O)C2)n1. The first-order valence-corrected chi connectivity index (χ1v) is 9.83. The number of aliphatic carboxylic acids is 1. The van der Waals surface area contributed by atoms with E-state index in [2.05, 4.69) is 5.10 Å². The zero-order chi connectivity index (χ0) is 19.2. The van der Waals surface area contributed by atoms with Gasteiger partial charge in [-0.25, -0.2) is 0 Å². The van der Waals surface area contributed by atoms with Crippen molar-refractivity contribution >= 4 is 17.8 Å². The highest BCUT2D eigenvalue weighted by molar-refractivity contribution is 5.79. The second-order valence-corrected chi connectivity index (χ2v) is 7.45. The van der Waals surface area contributed by atoms with Crippen LogP contribution >= 0.6 is 0 Å². The van der Waals surface area contributed by atoms with Crippen molar-refractivity contribution in [3.05, 3.63) is 18.0 Å². The summed E-state index contributed by atoms with van der Waals surface area (Å²) in [7, 11) is 0. The molecule has 2 fully saturated rings. The maximum Gasteiger partial charge on any atom is 0.325 e. The van der Waals surface area contributed by atoms with Gasteiger partial charge in [-0.15, -0.1) is 0 Å². The number of carbonyl (C=O) groups is 3.